The Morgan fingerprint density at radius 1 is 1.60 bits per heavy atom. The Hall–Kier alpha value is -1.37. The van der Waals surface area contributed by atoms with Crippen LogP contribution in [0.4, 0.5) is 5.82 Å². The van der Waals surface area contributed by atoms with E-state index in [-0.39, 0.29) is 17.2 Å². The van der Waals surface area contributed by atoms with E-state index >= 15 is 0 Å². The van der Waals surface area contributed by atoms with E-state index < -0.39 is 0 Å². The molecule has 0 saturated carbocycles. The Labute approximate surface area is 123 Å². The van der Waals surface area contributed by atoms with E-state index in [1.54, 1.807) is 24.1 Å². The number of piperidine rings is 1. The van der Waals surface area contributed by atoms with Gasteiger partial charge in [0.05, 0.1) is 6.10 Å². The van der Waals surface area contributed by atoms with Crippen LogP contribution in [0.3, 0.4) is 0 Å². The molecule has 2 atom stereocenters. The second-order valence-electron chi connectivity index (χ2n) is 5.00. The first-order valence-corrected chi connectivity index (χ1v) is 6.89. The number of carbonyl (C=O) groups excluding carboxylic acids is 1. The maximum Gasteiger partial charge on any atom is 0.254 e. The summed E-state index contributed by atoms with van der Waals surface area (Å²) >= 11 is 5.89. The monoisotopic (exact) mass is 298 g/mol. The summed E-state index contributed by atoms with van der Waals surface area (Å²) in [5.41, 5.74) is 2.88. The summed E-state index contributed by atoms with van der Waals surface area (Å²) in [7, 11) is 1.68. The second kappa shape index (κ2) is 6.39. The summed E-state index contributed by atoms with van der Waals surface area (Å²) in [4.78, 5) is 18.2. The minimum absolute atomic E-state index is 0.0668. The maximum atomic E-state index is 12.5. The summed E-state index contributed by atoms with van der Waals surface area (Å²) in [6.07, 6.45) is 0.988. The van der Waals surface area contributed by atoms with Gasteiger partial charge in [0.1, 0.15) is 11.0 Å². The molecule has 20 heavy (non-hydrogen) atoms. The molecule has 3 N–H and O–H groups in total. The van der Waals surface area contributed by atoms with Crippen LogP contribution in [0.2, 0.25) is 5.15 Å². The third kappa shape index (κ3) is 3.20. The Kier molecular flexibility index (Phi) is 4.80. The number of halogens is 1. The van der Waals surface area contributed by atoms with Crippen LogP contribution in [0.1, 0.15) is 23.7 Å². The van der Waals surface area contributed by atoms with Crippen molar-refractivity contribution in [1.29, 1.82) is 0 Å². The Morgan fingerprint density at radius 3 is 3.00 bits per heavy atom. The van der Waals surface area contributed by atoms with E-state index in [2.05, 4.69) is 17.3 Å². The van der Waals surface area contributed by atoms with Crippen molar-refractivity contribution < 1.29 is 9.53 Å². The van der Waals surface area contributed by atoms with Crippen LogP contribution in [0, 0.1) is 5.92 Å². The molecule has 1 aromatic rings. The van der Waals surface area contributed by atoms with Gasteiger partial charge in [-0.1, -0.05) is 18.5 Å². The molecule has 110 valence electrons. The standard InChI is InChI=1S/C13H19ClN4O2/c1-8-3-4-18(7-10(8)20-2)13(19)9-5-11(14)16-12(6-9)17-15/h5-6,8,10H,3-4,7,15H2,1-2H3,(H,16,17). The third-order valence-corrected chi connectivity index (χ3v) is 3.86. The van der Waals surface area contributed by atoms with Gasteiger partial charge in [0.25, 0.3) is 5.91 Å². The zero-order valence-electron chi connectivity index (χ0n) is 11.6. The lowest BCUT2D eigenvalue weighted by atomic mass is 9.95. The van der Waals surface area contributed by atoms with Gasteiger partial charge in [-0.05, 0) is 24.5 Å². The number of nitrogens with zero attached hydrogens (tertiary/aromatic N) is 2. The van der Waals surface area contributed by atoms with Crippen LogP contribution < -0.4 is 11.3 Å². The van der Waals surface area contributed by atoms with Crippen molar-refractivity contribution >= 4 is 23.3 Å². The molecule has 2 rings (SSSR count). The van der Waals surface area contributed by atoms with Crippen LogP contribution in [-0.2, 0) is 4.74 Å². The van der Waals surface area contributed by atoms with Crippen LogP contribution in [0.15, 0.2) is 12.1 Å². The quantitative estimate of drug-likeness (QED) is 0.502. The summed E-state index contributed by atoms with van der Waals surface area (Å²) in [6.45, 7) is 3.43. The second-order valence-corrected chi connectivity index (χ2v) is 5.39. The largest absolute Gasteiger partial charge is 0.379 e. The first-order chi connectivity index (χ1) is 9.55. The minimum atomic E-state index is -0.0836. The van der Waals surface area contributed by atoms with Crippen molar-refractivity contribution in [2.45, 2.75) is 19.4 Å². The number of hydrogen-bond donors (Lipinski definition) is 2. The molecule has 1 aromatic heterocycles. The van der Waals surface area contributed by atoms with Crippen LogP contribution >= 0.6 is 11.6 Å². The van der Waals surface area contributed by atoms with Gasteiger partial charge in [0.2, 0.25) is 0 Å². The topological polar surface area (TPSA) is 80.5 Å². The van der Waals surface area contributed by atoms with Crippen molar-refractivity contribution in [3.63, 3.8) is 0 Å². The molecule has 1 amide bonds. The molecule has 2 heterocycles. The number of hydrogen-bond acceptors (Lipinski definition) is 5. The van der Waals surface area contributed by atoms with Crippen molar-refractivity contribution in [3.8, 4) is 0 Å². The number of rotatable bonds is 3. The van der Waals surface area contributed by atoms with Gasteiger partial charge in [0, 0.05) is 25.8 Å². The molecule has 1 fully saturated rings. The average molecular weight is 299 g/mol. The molecule has 0 bridgehead atoms. The zero-order valence-corrected chi connectivity index (χ0v) is 12.4. The molecule has 0 spiro atoms. The summed E-state index contributed by atoms with van der Waals surface area (Å²) < 4.78 is 5.42. The minimum Gasteiger partial charge on any atom is -0.379 e. The molecule has 1 aliphatic heterocycles. The van der Waals surface area contributed by atoms with Gasteiger partial charge in [-0.15, -0.1) is 0 Å². The predicted octanol–water partition coefficient (Wildman–Crippen LogP) is 1.52. The number of ether oxygens (including phenoxy) is 1. The summed E-state index contributed by atoms with van der Waals surface area (Å²) in [5.74, 6) is 6.05. The Balaban J connectivity index is 2.17. The maximum absolute atomic E-state index is 12.5. The van der Waals surface area contributed by atoms with Crippen LogP contribution in [-0.4, -0.2) is 42.1 Å². The Morgan fingerprint density at radius 2 is 2.35 bits per heavy atom. The smallest absolute Gasteiger partial charge is 0.254 e. The third-order valence-electron chi connectivity index (χ3n) is 3.67. The van der Waals surface area contributed by atoms with Gasteiger partial charge in [-0.25, -0.2) is 10.8 Å². The number of pyridine rings is 1. The fourth-order valence-corrected chi connectivity index (χ4v) is 2.61. The predicted molar refractivity (Wildman–Crippen MR) is 77.5 cm³/mol. The lowest BCUT2D eigenvalue weighted by molar-refractivity contribution is -0.00156. The van der Waals surface area contributed by atoms with Gasteiger partial charge in [0.15, 0.2) is 0 Å². The number of nitrogens with two attached hydrogens (primary N) is 1. The molecule has 0 radical (unpaired) electrons. The van der Waals surface area contributed by atoms with E-state index in [0.717, 1.165) is 6.42 Å². The van der Waals surface area contributed by atoms with Gasteiger partial charge in [-0.3, -0.25) is 4.79 Å². The molecule has 6 nitrogen and oxygen atoms in total. The van der Waals surface area contributed by atoms with Crippen LogP contribution in [0.5, 0.6) is 0 Å². The molecular weight excluding hydrogens is 280 g/mol. The number of likely N-dealkylation sites (tertiary alicyclic amines) is 1. The van der Waals surface area contributed by atoms with Crippen molar-refractivity contribution in [3.05, 3.63) is 22.8 Å². The normalized spacial score (nSPS) is 22.7. The molecule has 0 aliphatic carbocycles. The van der Waals surface area contributed by atoms with E-state index in [0.29, 0.717) is 30.4 Å². The number of methoxy groups -OCH3 is 1. The molecule has 2 unspecified atom stereocenters. The summed E-state index contributed by atoms with van der Waals surface area (Å²) in [5, 5.41) is 0.234. The highest BCUT2D eigenvalue weighted by Crippen LogP contribution is 2.22. The molecule has 0 aromatic carbocycles. The SMILES string of the molecule is COC1CN(C(=O)c2cc(Cl)nc(NN)c2)CCC1C. The highest BCUT2D eigenvalue weighted by atomic mass is 35.5. The molecule has 7 heteroatoms. The van der Waals surface area contributed by atoms with Gasteiger partial charge < -0.3 is 15.1 Å². The zero-order chi connectivity index (χ0) is 14.7. The molecule has 1 saturated heterocycles. The van der Waals surface area contributed by atoms with Crippen molar-refractivity contribution in [1.82, 2.24) is 9.88 Å². The highest BCUT2D eigenvalue weighted by Gasteiger charge is 2.29. The van der Waals surface area contributed by atoms with E-state index in [4.69, 9.17) is 22.2 Å². The summed E-state index contributed by atoms with van der Waals surface area (Å²) in [6, 6.07) is 3.14. The first-order valence-electron chi connectivity index (χ1n) is 6.51. The van der Waals surface area contributed by atoms with E-state index in [1.807, 2.05) is 0 Å². The van der Waals surface area contributed by atoms with Gasteiger partial charge >= 0.3 is 0 Å². The van der Waals surface area contributed by atoms with Crippen molar-refractivity contribution in [2.75, 3.05) is 25.6 Å². The number of anilines is 1. The first kappa shape index (κ1) is 15.0. The lowest BCUT2D eigenvalue weighted by Crippen LogP contribution is -2.46. The fraction of sp³-hybridized carbons (Fsp3) is 0.538. The number of hydrazine groups is 1. The number of aromatic nitrogens is 1. The lowest BCUT2D eigenvalue weighted by Gasteiger charge is -2.36. The number of carbonyl (C=O) groups is 1. The average Bonchev–Trinajstić information content (AvgIpc) is 2.46. The van der Waals surface area contributed by atoms with Crippen LogP contribution in [0.25, 0.3) is 0 Å². The fourth-order valence-electron chi connectivity index (χ4n) is 2.40. The molecule has 1 aliphatic rings. The highest BCUT2D eigenvalue weighted by molar-refractivity contribution is 6.29. The number of nitrogen functional groups attached to an aromatic ring is 1. The molecular formula is C13H19ClN4O2. The Bertz CT molecular complexity index is 497. The van der Waals surface area contributed by atoms with E-state index in [9.17, 15) is 4.79 Å². The van der Waals surface area contributed by atoms with Crippen molar-refractivity contribution in [2.24, 2.45) is 11.8 Å². The number of nitrogens with one attached hydrogen (secondary N) is 1. The van der Waals surface area contributed by atoms with E-state index in [1.165, 1.54) is 0 Å². The van der Waals surface area contributed by atoms with Gasteiger partial charge in [-0.2, -0.15) is 0 Å². The number of amides is 1.